The van der Waals surface area contributed by atoms with Crippen molar-refractivity contribution < 1.29 is 31.3 Å². The second-order valence-corrected chi connectivity index (χ2v) is 0.316. The standard InChI is InChI=1S/C2H6O.CH3.Zr/c1-2-3;;/h3H,2H2,1H3;1H3;/q;-1;. The predicted molar refractivity (Wildman–Crippen MR) is 19.2 cm³/mol. The molecular weight excluding hydrogens is 143 g/mol. The van der Waals surface area contributed by atoms with Gasteiger partial charge in [0.25, 0.3) is 0 Å². The first-order valence-electron chi connectivity index (χ1n) is 1.02. The first-order chi connectivity index (χ1) is 1.41. The Balaban J connectivity index is -0.0000000200. The van der Waals surface area contributed by atoms with Crippen LogP contribution >= 0.6 is 0 Å². The van der Waals surface area contributed by atoms with Crippen LogP contribution in [0.2, 0.25) is 0 Å². The summed E-state index contributed by atoms with van der Waals surface area (Å²) in [4.78, 5) is 0. The van der Waals surface area contributed by atoms with E-state index in [1.165, 1.54) is 0 Å². The number of hydrogen-bond donors (Lipinski definition) is 1. The summed E-state index contributed by atoms with van der Waals surface area (Å²) in [5.41, 5.74) is 0. The molecule has 0 atom stereocenters. The molecule has 0 amide bonds. The van der Waals surface area contributed by atoms with Crippen LogP contribution in [0.15, 0.2) is 0 Å². The first kappa shape index (κ1) is 17.0. The zero-order chi connectivity index (χ0) is 2.71. The molecule has 2 heteroatoms. The van der Waals surface area contributed by atoms with E-state index >= 15 is 0 Å². The second kappa shape index (κ2) is 21.1. The van der Waals surface area contributed by atoms with Crippen LogP contribution < -0.4 is 0 Å². The van der Waals surface area contributed by atoms with E-state index in [4.69, 9.17) is 5.11 Å². The largest absolute Gasteiger partial charge is 0.397 e. The molecule has 32 valence electrons. The molecule has 0 saturated heterocycles. The van der Waals surface area contributed by atoms with Gasteiger partial charge in [0, 0.05) is 32.8 Å². The smallest absolute Gasteiger partial charge is 0.0402 e. The Hall–Kier alpha value is 0.843. The van der Waals surface area contributed by atoms with Crippen LogP contribution in [0.1, 0.15) is 6.92 Å². The Morgan fingerprint density at radius 2 is 1.60 bits per heavy atom. The van der Waals surface area contributed by atoms with E-state index in [-0.39, 0.29) is 40.2 Å². The second-order valence-electron chi connectivity index (χ2n) is 0.316. The average molecular weight is 152 g/mol. The number of aliphatic hydroxyl groups excluding tert-OH is 1. The van der Waals surface area contributed by atoms with Crippen LogP contribution in [0.25, 0.3) is 0 Å². The fourth-order valence-corrected chi connectivity index (χ4v) is 0. The topological polar surface area (TPSA) is 20.2 Å². The van der Waals surface area contributed by atoms with Gasteiger partial charge >= 0.3 is 0 Å². The number of aliphatic hydroxyl groups is 1. The van der Waals surface area contributed by atoms with Crippen LogP contribution in [0.4, 0.5) is 0 Å². The van der Waals surface area contributed by atoms with E-state index in [1.807, 2.05) is 0 Å². The van der Waals surface area contributed by atoms with E-state index in [9.17, 15) is 0 Å². The predicted octanol–water partition coefficient (Wildman–Crippen LogP) is 0.446. The van der Waals surface area contributed by atoms with Crippen molar-refractivity contribution in [2.45, 2.75) is 6.92 Å². The Morgan fingerprint density at radius 1 is 1.60 bits per heavy atom. The van der Waals surface area contributed by atoms with E-state index in [0.717, 1.165) is 0 Å². The SMILES string of the molecule is CCO.[CH3-].[Zr]. The van der Waals surface area contributed by atoms with Gasteiger partial charge in [0.2, 0.25) is 0 Å². The minimum Gasteiger partial charge on any atom is -0.397 e. The summed E-state index contributed by atoms with van der Waals surface area (Å²) < 4.78 is 0. The molecule has 0 radical (unpaired) electrons. The molecule has 0 aromatic carbocycles. The van der Waals surface area contributed by atoms with Crippen molar-refractivity contribution in [3.63, 3.8) is 0 Å². The first-order valence-corrected chi connectivity index (χ1v) is 1.02. The van der Waals surface area contributed by atoms with Gasteiger partial charge in [0.05, 0.1) is 0 Å². The van der Waals surface area contributed by atoms with Crippen molar-refractivity contribution in [1.29, 1.82) is 0 Å². The molecule has 5 heavy (non-hydrogen) atoms. The van der Waals surface area contributed by atoms with Crippen LogP contribution in [0.5, 0.6) is 0 Å². The molecule has 0 aromatic rings. The molecule has 0 fully saturated rings. The van der Waals surface area contributed by atoms with Gasteiger partial charge in [0.1, 0.15) is 0 Å². The van der Waals surface area contributed by atoms with Crippen LogP contribution in [-0.4, -0.2) is 11.7 Å². The van der Waals surface area contributed by atoms with E-state index in [0.29, 0.717) is 0 Å². The van der Waals surface area contributed by atoms with Gasteiger partial charge in [-0.05, 0) is 6.92 Å². The zero-order valence-electron chi connectivity index (χ0n) is 3.65. The summed E-state index contributed by atoms with van der Waals surface area (Å²) in [6, 6.07) is 0. The summed E-state index contributed by atoms with van der Waals surface area (Å²) >= 11 is 0. The molecule has 0 aliphatic carbocycles. The maximum atomic E-state index is 7.57. The quantitative estimate of drug-likeness (QED) is 0.500. The summed E-state index contributed by atoms with van der Waals surface area (Å²) in [7, 11) is 0. The van der Waals surface area contributed by atoms with Crippen LogP contribution in [0.3, 0.4) is 0 Å². The van der Waals surface area contributed by atoms with Crippen molar-refractivity contribution in [2.75, 3.05) is 6.61 Å². The van der Waals surface area contributed by atoms with Gasteiger partial charge in [-0.2, -0.15) is 0 Å². The molecule has 0 rings (SSSR count). The maximum Gasteiger partial charge on any atom is 0.0402 e. The third kappa shape index (κ3) is 55.1. The number of hydrogen-bond acceptors (Lipinski definition) is 1. The van der Waals surface area contributed by atoms with Crippen molar-refractivity contribution in [1.82, 2.24) is 0 Å². The van der Waals surface area contributed by atoms with Crippen molar-refractivity contribution in [3.8, 4) is 0 Å². The van der Waals surface area contributed by atoms with Crippen molar-refractivity contribution >= 4 is 0 Å². The Morgan fingerprint density at radius 3 is 1.60 bits per heavy atom. The van der Waals surface area contributed by atoms with E-state index in [1.54, 1.807) is 6.92 Å². The average Bonchev–Trinajstić information content (AvgIpc) is 0.918. The summed E-state index contributed by atoms with van der Waals surface area (Å²) in [6.07, 6.45) is 0. The number of rotatable bonds is 0. The molecule has 1 nitrogen and oxygen atoms in total. The molecule has 0 saturated carbocycles. The minimum atomic E-state index is 0. The van der Waals surface area contributed by atoms with Gasteiger partial charge in [-0.25, -0.2) is 0 Å². The molecule has 0 aromatic heterocycles. The molecule has 0 unspecified atom stereocenters. The van der Waals surface area contributed by atoms with Crippen LogP contribution in [-0.2, 0) is 26.2 Å². The van der Waals surface area contributed by atoms with Crippen molar-refractivity contribution in [3.05, 3.63) is 7.43 Å². The third-order valence-corrected chi connectivity index (χ3v) is 0. The molecule has 0 spiro atoms. The molecule has 1 N–H and O–H groups in total. The van der Waals surface area contributed by atoms with Gasteiger partial charge < -0.3 is 12.5 Å². The maximum absolute atomic E-state index is 7.57. The molecule has 0 heterocycles. The Bertz CT molecular complexity index is 6.85. The molecule has 0 aliphatic heterocycles. The Labute approximate surface area is 52.5 Å². The monoisotopic (exact) mass is 151 g/mol. The van der Waals surface area contributed by atoms with E-state index in [2.05, 4.69) is 0 Å². The summed E-state index contributed by atoms with van der Waals surface area (Å²) in [6.45, 7) is 1.93. The van der Waals surface area contributed by atoms with Gasteiger partial charge in [0.15, 0.2) is 0 Å². The Kier molecular flexibility index (Phi) is 71.4. The summed E-state index contributed by atoms with van der Waals surface area (Å²) in [5.74, 6) is 0. The molecule has 0 aliphatic rings. The van der Waals surface area contributed by atoms with E-state index < -0.39 is 0 Å². The van der Waals surface area contributed by atoms with Gasteiger partial charge in [-0.15, -0.1) is 0 Å². The zero-order valence-corrected chi connectivity index (χ0v) is 6.11. The van der Waals surface area contributed by atoms with Crippen molar-refractivity contribution in [2.24, 2.45) is 0 Å². The fraction of sp³-hybridized carbons (Fsp3) is 0.667. The minimum absolute atomic E-state index is 0. The molecule has 0 bridgehead atoms. The van der Waals surface area contributed by atoms with Gasteiger partial charge in [-0.3, -0.25) is 0 Å². The third-order valence-electron chi connectivity index (χ3n) is 0. The fourth-order valence-electron chi connectivity index (χ4n) is 0. The van der Waals surface area contributed by atoms with Gasteiger partial charge in [-0.1, -0.05) is 0 Å². The normalized spacial score (nSPS) is 3.60. The van der Waals surface area contributed by atoms with Crippen LogP contribution in [0, 0.1) is 7.43 Å². The molecular formula is C3H9OZr-. The summed E-state index contributed by atoms with van der Waals surface area (Å²) in [5, 5.41) is 7.57.